The average Bonchev–Trinajstić information content (AvgIpc) is 3.42. The number of likely N-dealkylation sites (tertiary alicyclic amines) is 2. The normalized spacial score (nSPS) is 24.1. The highest BCUT2D eigenvalue weighted by Gasteiger charge is 2.77. The molecule has 0 aromatic heterocycles. The smallest absolute Gasteiger partial charge is 0.192 e. The van der Waals surface area contributed by atoms with E-state index in [4.69, 9.17) is 23.2 Å². The fourth-order valence-electron chi connectivity index (χ4n) is 7.82. The van der Waals surface area contributed by atoms with Gasteiger partial charge in [-0.1, -0.05) is 102 Å². The third kappa shape index (κ3) is 4.26. The standard InChI is InChI=1S/C37H30Cl2N2O3/c1-40-22-32(26-13-17-29(39)18-14-26)36(37(40)34(43)30-9-5-6-10-31(30)35(37)44)23-41(20-25-7-3-2-4-8-25)21-27(33(36)42)19-24-11-15-28(38)16-12-24/h2-19,32H,20-23H2,1H3/b27-19+/t32-,36+/m1/s1. The first kappa shape index (κ1) is 28.9. The van der Waals surface area contributed by atoms with Crippen LogP contribution < -0.4 is 0 Å². The molecule has 7 heteroatoms. The lowest BCUT2D eigenvalue weighted by atomic mass is 9.56. The maximum atomic E-state index is 15.3. The maximum Gasteiger partial charge on any atom is 0.192 e. The Labute approximate surface area is 266 Å². The van der Waals surface area contributed by atoms with Gasteiger partial charge in [-0.05, 0) is 54.1 Å². The lowest BCUT2D eigenvalue weighted by Gasteiger charge is -2.50. The van der Waals surface area contributed by atoms with E-state index in [1.807, 2.05) is 72.6 Å². The Balaban J connectivity index is 1.48. The Morgan fingerprint density at radius 3 is 1.93 bits per heavy atom. The summed E-state index contributed by atoms with van der Waals surface area (Å²) in [5.41, 5.74) is 0.966. The third-order valence-corrected chi connectivity index (χ3v) is 10.1. The van der Waals surface area contributed by atoms with Gasteiger partial charge >= 0.3 is 0 Å². The van der Waals surface area contributed by atoms with Crippen LogP contribution in [-0.4, -0.2) is 59.4 Å². The molecule has 2 heterocycles. The number of piperidine rings is 1. The second kappa shape index (κ2) is 10.9. The Morgan fingerprint density at radius 2 is 1.32 bits per heavy atom. The Hall–Kier alpha value is -3.87. The molecule has 44 heavy (non-hydrogen) atoms. The van der Waals surface area contributed by atoms with Crippen molar-refractivity contribution in [3.05, 3.63) is 147 Å². The SMILES string of the molecule is CN1C[C@H](c2ccc(Cl)cc2)[C@]2(CN(Cc3ccccc3)C/C(=C\c3ccc(Cl)cc3)C2=O)C12C(=O)c1ccccc1C2=O. The summed E-state index contributed by atoms with van der Waals surface area (Å²) in [6.07, 6.45) is 1.89. The highest BCUT2D eigenvalue weighted by atomic mass is 35.5. The number of likely N-dealkylation sites (N-methyl/N-ethyl adjacent to an activating group) is 1. The molecule has 2 atom stereocenters. The Bertz CT molecular complexity index is 1780. The number of halogens is 2. The first-order chi connectivity index (χ1) is 21.3. The van der Waals surface area contributed by atoms with Crippen LogP contribution in [0.2, 0.25) is 10.0 Å². The minimum absolute atomic E-state index is 0.171. The topological polar surface area (TPSA) is 57.7 Å². The average molecular weight is 622 g/mol. The zero-order chi connectivity index (χ0) is 30.6. The Kier molecular flexibility index (Phi) is 7.18. The number of carbonyl (C=O) groups is 3. The summed E-state index contributed by atoms with van der Waals surface area (Å²) in [6.45, 7) is 1.52. The summed E-state index contributed by atoms with van der Waals surface area (Å²) in [5.74, 6) is -1.24. The summed E-state index contributed by atoms with van der Waals surface area (Å²) < 4.78 is 0. The lowest BCUT2D eigenvalue weighted by molar-refractivity contribution is -0.132. The fourth-order valence-corrected chi connectivity index (χ4v) is 8.07. The van der Waals surface area contributed by atoms with Gasteiger partial charge in [-0.3, -0.25) is 24.2 Å². The summed E-state index contributed by atoms with van der Waals surface area (Å²) in [6, 6.07) is 31.8. The minimum Gasteiger partial charge on any atom is -0.294 e. The summed E-state index contributed by atoms with van der Waals surface area (Å²) >= 11 is 12.5. The molecular formula is C37H30Cl2N2O3. The van der Waals surface area contributed by atoms with E-state index in [0.717, 1.165) is 16.7 Å². The number of hydrogen-bond acceptors (Lipinski definition) is 5. The molecule has 0 N–H and O–H groups in total. The molecule has 1 aliphatic carbocycles. The molecule has 220 valence electrons. The van der Waals surface area contributed by atoms with Gasteiger partial charge in [-0.2, -0.15) is 0 Å². The summed E-state index contributed by atoms with van der Waals surface area (Å²) in [5, 5.41) is 1.18. The summed E-state index contributed by atoms with van der Waals surface area (Å²) in [7, 11) is 1.81. The monoisotopic (exact) mass is 620 g/mol. The third-order valence-electron chi connectivity index (χ3n) is 9.64. The quantitative estimate of drug-likeness (QED) is 0.182. The van der Waals surface area contributed by atoms with Crippen LogP contribution in [0, 0.1) is 5.41 Å². The molecule has 2 fully saturated rings. The van der Waals surface area contributed by atoms with E-state index in [-0.39, 0.29) is 23.9 Å². The van der Waals surface area contributed by atoms with E-state index in [1.54, 1.807) is 36.4 Å². The fraction of sp³-hybridized carbons (Fsp3) is 0.216. The van der Waals surface area contributed by atoms with E-state index >= 15 is 4.79 Å². The van der Waals surface area contributed by atoms with Gasteiger partial charge in [0.05, 0.1) is 5.41 Å². The van der Waals surface area contributed by atoms with Crippen LogP contribution in [-0.2, 0) is 11.3 Å². The molecule has 3 aliphatic rings. The number of nitrogens with zero attached hydrogens (tertiary/aromatic N) is 2. The van der Waals surface area contributed by atoms with Crippen LogP contribution >= 0.6 is 23.2 Å². The van der Waals surface area contributed by atoms with E-state index in [0.29, 0.717) is 46.4 Å². The molecule has 5 nitrogen and oxygen atoms in total. The molecular weight excluding hydrogens is 591 g/mol. The van der Waals surface area contributed by atoms with Crippen molar-refractivity contribution < 1.29 is 14.4 Å². The van der Waals surface area contributed by atoms with Crippen molar-refractivity contribution >= 4 is 46.6 Å². The van der Waals surface area contributed by atoms with Gasteiger partial charge in [0.15, 0.2) is 22.9 Å². The van der Waals surface area contributed by atoms with Gasteiger partial charge in [-0.25, -0.2) is 0 Å². The summed E-state index contributed by atoms with van der Waals surface area (Å²) in [4.78, 5) is 48.9. The van der Waals surface area contributed by atoms with Gasteiger partial charge in [-0.15, -0.1) is 0 Å². The van der Waals surface area contributed by atoms with E-state index in [9.17, 15) is 9.59 Å². The van der Waals surface area contributed by atoms with Gasteiger partial charge in [0.25, 0.3) is 0 Å². The molecule has 0 saturated carbocycles. The van der Waals surface area contributed by atoms with Gasteiger partial charge in [0.2, 0.25) is 0 Å². The minimum atomic E-state index is -1.70. The highest BCUT2D eigenvalue weighted by Crippen LogP contribution is 2.61. The first-order valence-electron chi connectivity index (χ1n) is 14.7. The largest absolute Gasteiger partial charge is 0.294 e. The first-order valence-corrected chi connectivity index (χ1v) is 15.4. The van der Waals surface area contributed by atoms with Crippen LogP contribution in [0.3, 0.4) is 0 Å². The molecule has 0 unspecified atom stereocenters. The van der Waals surface area contributed by atoms with Crippen molar-refractivity contribution in [3.63, 3.8) is 0 Å². The van der Waals surface area contributed by atoms with Crippen LogP contribution in [0.5, 0.6) is 0 Å². The van der Waals surface area contributed by atoms with Crippen LogP contribution in [0.1, 0.15) is 43.3 Å². The molecule has 0 radical (unpaired) electrons. The number of benzene rings is 4. The van der Waals surface area contributed by atoms with Crippen LogP contribution in [0.25, 0.3) is 6.08 Å². The molecule has 0 bridgehead atoms. The van der Waals surface area contributed by atoms with Crippen molar-refractivity contribution in [2.24, 2.45) is 5.41 Å². The van der Waals surface area contributed by atoms with Crippen molar-refractivity contribution in [3.8, 4) is 0 Å². The number of rotatable bonds is 4. The van der Waals surface area contributed by atoms with Crippen LogP contribution in [0.4, 0.5) is 0 Å². The molecule has 2 aliphatic heterocycles. The van der Waals surface area contributed by atoms with Crippen molar-refractivity contribution in [1.82, 2.24) is 9.80 Å². The van der Waals surface area contributed by atoms with E-state index in [1.165, 1.54) is 0 Å². The zero-order valence-corrected chi connectivity index (χ0v) is 25.7. The van der Waals surface area contributed by atoms with E-state index < -0.39 is 16.9 Å². The van der Waals surface area contributed by atoms with Crippen molar-refractivity contribution in [1.29, 1.82) is 0 Å². The number of carbonyl (C=O) groups excluding carboxylic acids is 3. The molecule has 2 spiro atoms. The van der Waals surface area contributed by atoms with Crippen molar-refractivity contribution in [2.75, 3.05) is 26.7 Å². The Morgan fingerprint density at radius 1 is 0.750 bits per heavy atom. The number of Topliss-reactive ketones (excluding diaryl/α,β-unsaturated/α-hetero) is 3. The number of hydrogen-bond donors (Lipinski definition) is 0. The predicted molar refractivity (Wildman–Crippen MR) is 173 cm³/mol. The maximum absolute atomic E-state index is 15.3. The second-order valence-corrected chi connectivity index (χ2v) is 12.9. The van der Waals surface area contributed by atoms with Crippen LogP contribution in [0.15, 0.2) is 109 Å². The van der Waals surface area contributed by atoms with Gasteiger partial charge in [0.1, 0.15) is 0 Å². The van der Waals surface area contributed by atoms with Gasteiger partial charge in [0, 0.05) is 58.8 Å². The molecule has 4 aromatic rings. The van der Waals surface area contributed by atoms with Gasteiger partial charge < -0.3 is 0 Å². The zero-order valence-electron chi connectivity index (χ0n) is 24.2. The predicted octanol–water partition coefficient (Wildman–Crippen LogP) is 7.00. The number of fused-ring (bicyclic) bond motifs is 2. The molecule has 0 amide bonds. The molecule has 2 saturated heterocycles. The highest BCUT2D eigenvalue weighted by molar-refractivity contribution is 6.36. The molecule has 4 aromatic carbocycles. The lowest BCUT2D eigenvalue weighted by Crippen LogP contribution is -2.69. The molecule has 7 rings (SSSR count). The second-order valence-electron chi connectivity index (χ2n) is 12.1. The van der Waals surface area contributed by atoms with Crippen molar-refractivity contribution in [2.45, 2.75) is 18.0 Å². The van der Waals surface area contributed by atoms with E-state index in [2.05, 4.69) is 17.0 Å². The number of ketones is 3.